The Morgan fingerprint density at radius 2 is 1.96 bits per heavy atom. The van der Waals surface area contributed by atoms with Crippen molar-refractivity contribution in [1.82, 2.24) is 15.5 Å². The summed E-state index contributed by atoms with van der Waals surface area (Å²) in [5, 5.41) is 15.0. The minimum Gasteiger partial charge on any atom is -0.497 e. The lowest BCUT2D eigenvalue weighted by Gasteiger charge is -2.18. The number of amides is 1. The highest BCUT2D eigenvalue weighted by Crippen LogP contribution is 2.30. The van der Waals surface area contributed by atoms with Crippen molar-refractivity contribution < 1.29 is 9.53 Å². The number of anilines is 1. The Morgan fingerprint density at radius 1 is 1.28 bits per heavy atom. The molecule has 1 amide bonds. The summed E-state index contributed by atoms with van der Waals surface area (Å²) in [6, 6.07) is 7.63. The molecule has 0 aliphatic rings. The molecule has 0 bridgehead atoms. The lowest BCUT2D eigenvalue weighted by atomic mass is 10.1. The van der Waals surface area contributed by atoms with E-state index in [1.807, 2.05) is 31.2 Å². The van der Waals surface area contributed by atoms with E-state index in [2.05, 4.69) is 41.6 Å². The van der Waals surface area contributed by atoms with Gasteiger partial charge in [-0.05, 0) is 45.4 Å². The fourth-order valence-electron chi connectivity index (χ4n) is 1.91. The van der Waals surface area contributed by atoms with Crippen LogP contribution in [-0.2, 0) is 11.3 Å². The smallest absolute Gasteiger partial charge is 0.233 e. The highest BCUT2D eigenvalue weighted by atomic mass is 32.2. The standard InChI is InChI=1S/C17H24N4O2S2/c1-11(24-16-21-20-15(25-16)19-17(2,3)4)14(22)18-10-12-6-8-13(23-5)9-7-12/h6-9,11H,10H2,1-5H3,(H,18,22)(H,19,20)/t11-/m1/s1. The van der Waals surface area contributed by atoms with Gasteiger partial charge in [-0.1, -0.05) is 35.2 Å². The lowest BCUT2D eigenvalue weighted by Crippen LogP contribution is -2.30. The predicted octanol–water partition coefficient (Wildman–Crippen LogP) is 3.55. The van der Waals surface area contributed by atoms with Crippen molar-refractivity contribution in [3.05, 3.63) is 29.8 Å². The van der Waals surface area contributed by atoms with Crippen LogP contribution in [0.25, 0.3) is 0 Å². The number of nitrogens with zero attached hydrogens (tertiary/aromatic N) is 2. The third kappa shape index (κ3) is 6.55. The van der Waals surface area contributed by atoms with Crippen LogP contribution < -0.4 is 15.4 Å². The van der Waals surface area contributed by atoms with E-state index in [9.17, 15) is 4.79 Å². The maximum atomic E-state index is 12.3. The third-order valence-corrected chi connectivity index (χ3v) is 5.18. The number of benzene rings is 1. The van der Waals surface area contributed by atoms with Crippen LogP contribution in [0.2, 0.25) is 0 Å². The number of methoxy groups -OCH3 is 1. The summed E-state index contributed by atoms with van der Waals surface area (Å²) in [5.74, 6) is 0.774. The van der Waals surface area contributed by atoms with Crippen LogP contribution in [0.4, 0.5) is 5.13 Å². The molecule has 2 aromatic rings. The van der Waals surface area contributed by atoms with Gasteiger partial charge in [0.05, 0.1) is 12.4 Å². The highest BCUT2D eigenvalue weighted by Gasteiger charge is 2.18. The van der Waals surface area contributed by atoms with Gasteiger partial charge < -0.3 is 15.4 Å². The van der Waals surface area contributed by atoms with E-state index in [1.54, 1.807) is 7.11 Å². The number of aromatic nitrogens is 2. The highest BCUT2D eigenvalue weighted by molar-refractivity contribution is 8.02. The Hall–Kier alpha value is -1.80. The molecule has 0 aliphatic heterocycles. The molecule has 1 aromatic heterocycles. The summed E-state index contributed by atoms with van der Waals surface area (Å²) in [5.41, 5.74) is 0.960. The van der Waals surface area contributed by atoms with Crippen molar-refractivity contribution in [2.75, 3.05) is 12.4 Å². The van der Waals surface area contributed by atoms with Gasteiger partial charge in [-0.15, -0.1) is 10.2 Å². The van der Waals surface area contributed by atoms with Gasteiger partial charge in [0.2, 0.25) is 11.0 Å². The lowest BCUT2D eigenvalue weighted by molar-refractivity contribution is -0.120. The fraction of sp³-hybridized carbons (Fsp3) is 0.471. The Bertz CT molecular complexity index is 695. The summed E-state index contributed by atoms with van der Waals surface area (Å²) < 4.78 is 5.90. The Morgan fingerprint density at radius 3 is 2.56 bits per heavy atom. The van der Waals surface area contributed by atoms with Crippen molar-refractivity contribution in [1.29, 1.82) is 0 Å². The van der Waals surface area contributed by atoms with Gasteiger partial charge in [0.1, 0.15) is 5.75 Å². The van der Waals surface area contributed by atoms with Crippen LogP contribution >= 0.6 is 23.1 Å². The third-order valence-electron chi connectivity index (χ3n) is 3.16. The van der Waals surface area contributed by atoms with Crippen molar-refractivity contribution in [2.45, 2.75) is 49.4 Å². The molecule has 6 nitrogen and oxygen atoms in total. The van der Waals surface area contributed by atoms with E-state index in [0.717, 1.165) is 20.8 Å². The number of hydrogen-bond donors (Lipinski definition) is 2. The zero-order chi connectivity index (χ0) is 18.4. The molecule has 1 atom stereocenters. The molecule has 25 heavy (non-hydrogen) atoms. The molecule has 0 saturated heterocycles. The quantitative estimate of drug-likeness (QED) is 0.716. The van der Waals surface area contributed by atoms with Crippen LogP contribution in [0.5, 0.6) is 5.75 Å². The first-order valence-corrected chi connectivity index (χ1v) is 9.65. The average Bonchev–Trinajstić information content (AvgIpc) is 2.97. The van der Waals surface area contributed by atoms with Crippen LogP contribution in [0.15, 0.2) is 28.6 Å². The molecule has 2 N–H and O–H groups in total. The SMILES string of the molecule is COc1ccc(CNC(=O)[C@@H](C)Sc2nnc(NC(C)(C)C)s2)cc1. The van der Waals surface area contributed by atoms with Gasteiger partial charge in [-0.3, -0.25) is 4.79 Å². The molecule has 0 fully saturated rings. The van der Waals surface area contributed by atoms with Crippen molar-refractivity contribution in [3.8, 4) is 5.75 Å². The zero-order valence-electron chi connectivity index (χ0n) is 15.1. The largest absolute Gasteiger partial charge is 0.497 e. The van der Waals surface area contributed by atoms with Gasteiger partial charge in [0, 0.05) is 12.1 Å². The summed E-state index contributed by atoms with van der Waals surface area (Å²) in [4.78, 5) is 12.3. The maximum absolute atomic E-state index is 12.3. The second-order valence-electron chi connectivity index (χ2n) is 6.57. The van der Waals surface area contributed by atoms with Crippen molar-refractivity contribution >= 4 is 34.1 Å². The van der Waals surface area contributed by atoms with Crippen LogP contribution in [0, 0.1) is 0 Å². The summed E-state index contributed by atoms with van der Waals surface area (Å²) >= 11 is 2.87. The maximum Gasteiger partial charge on any atom is 0.233 e. The molecule has 0 unspecified atom stereocenters. The number of carbonyl (C=O) groups excluding carboxylic acids is 1. The molecule has 0 radical (unpaired) electrons. The van der Waals surface area contributed by atoms with Crippen molar-refractivity contribution in [3.63, 3.8) is 0 Å². The van der Waals surface area contributed by atoms with Crippen LogP contribution in [0.1, 0.15) is 33.3 Å². The topological polar surface area (TPSA) is 76.1 Å². The minimum atomic E-state index is -0.242. The molecule has 2 rings (SSSR count). The van der Waals surface area contributed by atoms with Crippen molar-refractivity contribution in [2.24, 2.45) is 0 Å². The monoisotopic (exact) mass is 380 g/mol. The fourth-order valence-corrected chi connectivity index (χ4v) is 4.04. The number of ether oxygens (including phenoxy) is 1. The number of carbonyl (C=O) groups is 1. The molecule has 136 valence electrons. The Kier molecular flexibility index (Phi) is 6.66. The van der Waals surface area contributed by atoms with Gasteiger partial charge in [-0.25, -0.2) is 0 Å². The first kappa shape index (κ1) is 19.5. The average molecular weight is 381 g/mol. The minimum absolute atomic E-state index is 0.0265. The van der Waals surface area contributed by atoms with E-state index in [-0.39, 0.29) is 16.7 Å². The van der Waals surface area contributed by atoms with E-state index in [1.165, 1.54) is 23.1 Å². The summed E-state index contributed by atoms with van der Waals surface area (Å²) in [7, 11) is 1.63. The Labute approximate surface area is 156 Å². The second-order valence-corrected chi connectivity index (χ2v) is 9.14. The van der Waals surface area contributed by atoms with Gasteiger partial charge in [0.15, 0.2) is 4.34 Å². The molecular weight excluding hydrogens is 356 g/mol. The molecule has 1 heterocycles. The van der Waals surface area contributed by atoms with E-state index < -0.39 is 0 Å². The zero-order valence-corrected chi connectivity index (χ0v) is 16.8. The number of rotatable bonds is 7. The van der Waals surface area contributed by atoms with Gasteiger partial charge in [-0.2, -0.15) is 0 Å². The molecule has 1 aromatic carbocycles. The summed E-state index contributed by atoms with van der Waals surface area (Å²) in [6.45, 7) is 8.55. The van der Waals surface area contributed by atoms with Crippen LogP contribution in [0.3, 0.4) is 0 Å². The Balaban J connectivity index is 1.83. The van der Waals surface area contributed by atoms with Gasteiger partial charge >= 0.3 is 0 Å². The van der Waals surface area contributed by atoms with E-state index in [0.29, 0.717) is 6.54 Å². The number of hydrogen-bond acceptors (Lipinski definition) is 7. The normalized spacial score (nSPS) is 12.5. The molecule has 0 aliphatic carbocycles. The molecule has 0 saturated carbocycles. The van der Waals surface area contributed by atoms with E-state index in [4.69, 9.17) is 4.74 Å². The number of nitrogens with one attached hydrogen (secondary N) is 2. The molecule has 8 heteroatoms. The first-order valence-electron chi connectivity index (χ1n) is 7.96. The predicted molar refractivity (Wildman–Crippen MR) is 103 cm³/mol. The second kappa shape index (κ2) is 8.53. The molecular formula is C17H24N4O2S2. The van der Waals surface area contributed by atoms with E-state index >= 15 is 0 Å². The first-order chi connectivity index (χ1) is 11.8. The number of thioether (sulfide) groups is 1. The summed E-state index contributed by atoms with van der Waals surface area (Å²) in [6.07, 6.45) is 0. The van der Waals surface area contributed by atoms with Gasteiger partial charge in [0.25, 0.3) is 0 Å². The molecule has 0 spiro atoms. The van der Waals surface area contributed by atoms with Crippen LogP contribution in [-0.4, -0.2) is 34.0 Å².